The van der Waals surface area contributed by atoms with Gasteiger partial charge in [-0.3, -0.25) is 0 Å². The lowest BCUT2D eigenvalue weighted by Crippen LogP contribution is -2.49. The van der Waals surface area contributed by atoms with Crippen LogP contribution in [0, 0.1) is 6.92 Å². The molecule has 0 atom stereocenters. The van der Waals surface area contributed by atoms with E-state index in [0.29, 0.717) is 31.0 Å². The van der Waals surface area contributed by atoms with E-state index in [9.17, 15) is 21.6 Å². The summed E-state index contributed by atoms with van der Waals surface area (Å²) in [4.78, 5) is 11.3. The molecule has 3 aromatic rings. The molecule has 11 heteroatoms. The summed E-state index contributed by atoms with van der Waals surface area (Å²) in [7, 11) is -3.63. The Morgan fingerprint density at radius 3 is 2.26 bits per heavy atom. The van der Waals surface area contributed by atoms with E-state index >= 15 is 0 Å². The summed E-state index contributed by atoms with van der Waals surface area (Å²) in [5.41, 5.74) is 1.10. The summed E-state index contributed by atoms with van der Waals surface area (Å²) < 4.78 is 68.0. The first kappa shape index (κ1) is 25.6. The van der Waals surface area contributed by atoms with Crippen LogP contribution in [0.15, 0.2) is 57.9 Å². The number of alkyl halides is 3. The van der Waals surface area contributed by atoms with Crippen molar-refractivity contribution in [2.45, 2.75) is 31.3 Å². The van der Waals surface area contributed by atoms with Crippen molar-refractivity contribution < 1.29 is 21.6 Å². The minimum atomic E-state index is -4.46. The van der Waals surface area contributed by atoms with Crippen molar-refractivity contribution in [2.75, 3.05) is 31.1 Å². The molecule has 0 aliphatic carbocycles. The fourth-order valence-electron chi connectivity index (χ4n) is 4.12. The Bertz CT molecular complexity index is 1320. The molecule has 0 N–H and O–H groups in total. The Kier molecular flexibility index (Phi) is 7.21. The summed E-state index contributed by atoms with van der Waals surface area (Å²) in [6, 6.07) is 11.5. The Labute approximate surface area is 211 Å². The van der Waals surface area contributed by atoms with Crippen LogP contribution in [-0.4, -0.2) is 48.9 Å². The predicted octanol–water partition coefficient (Wildman–Crippen LogP) is 5.31. The van der Waals surface area contributed by atoms with Crippen LogP contribution < -0.4 is 4.90 Å². The van der Waals surface area contributed by atoms with E-state index in [1.54, 1.807) is 30.3 Å². The number of hydrogen-bond donors (Lipinski definition) is 0. The highest BCUT2D eigenvalue weighted by Crippen LogP contribution is 2.33. The van der Waals surface area contributed by atoms with Crippen molar-refractivity contribution in [3.05, 3.63) is 69.8 Å². The minimum absolute atomic E-state index is 0.214. The highest BCUT2D eigenvalue weighted by atomic mass is 79.9. The van der Waals surface area contributed by atoms with E-state index in [4.69, 9.17) is 0 Å². The molecule has 186 valence electrons. The molecule has 0 radical (unpaired) electrons. The van der Waals surface area contributed by atoms with E-state index in [0.717, 1.165) is 22.2 Å². The normalized spacial score (nSPS) is 15.4. The van der Waals surface area contributed by atoms with E-state index in [2.05, 4.69) is 25.9 Å². The lowest BCUT2D eigenvalue weighted by atomic mass is 10.1. The third kappa shape index (κ3) is 5.36. The van der Waals surface area contributed by atoms with Gasteiger partial charge in [0.05, 0.1) is 10.5 Å². The third-order valence-electron chi connectivity index (χ3n) is 5.98. The first-order valence-corrected chi connectivity index (χ1v) is 13.3. The van der Waals surface area contributed by atoms with Crippen molar-refractivity contribution in [3.8, 4) is 11.4 Å². The molecule has 1 aliphatic rings. The smallest absolute Gasteiger partial charge is 0.354 e. The number of aromatic nitrogens is 2. The molecule has 0 saturated carbocycles. The van der Waals surface area contributed by atoms with Gasteiger partial charge in [-0.25, -0.2) is 18.4 Å². The number of nitrogens with zero attached hydrogens (tertiary/aromatic N) is 4. The quantitative estimate of drug-likeness (QED) is 0.417. The summed E-state index contributed by atoms with van der Waals surface area (Å²) in [5, 5.41) is 0. The molecular weight excluding hydrogens is 545 g/mol. The molecule has 1 aliphatic heterocycles. The number of hydrogen-bond acceptors (Lipinski definition) is 5. The number of benzene rings is 2. The molecule has 4 rings (SSSR count). The van der Waals surface area contributed by atoms with E-state index < -0.39 is 21.8 Å². The van der Waals surface area contributed by atoms with Crippen LogP contribution in [0.1, 0.15) is 23.7 Å². The number of aryl methyl sites for hydroxylation is 1. The second kappa shape index (κ2) is 9.87. The number of rotatable bonds is 5. The first-order chi connectivity index (χ1) is 16.5. The zero-order valence-electron chi connectivity index (χ0n) is 19.2. The lowest BCUT2D eigenvalue weighted by Gasteiger charge is -2.35. The largest absolute Gasteiger partial charge is 0.416 e. The molecule has 0 amide bonds. The first-order valence-electron chi connectivity index (χ1n) is 11.1. The Morgan fingerprint density at radius 2 is 1.66 bits per heavy atom. The van der Waals surface area contributed by atoms with Crippen molar-refractivity contribution in [1.82, 2.24) is 14.3 Å². The summed E-state index contributed by atoms with van der Waals surface area (Å²) in [5.74, 6) is 0.846. The molecule has 6 nitrogen and oxygen atoms in total. The van der Waals surface area contributed by atoms with Crippen LogP contribution in [0.5, 0.6) is 0 Å². The number of anilines is 1. The van der Waals surface area contributed by atoms with Gasteiger partial charge in [0.2, 0.25) is 10.0 Å². The van der Waals surface area contributed by atoms with Crippen LogP contribution in [0.2, 0.25) is 0 Å². The average Bonchev–Trinajstić information content (AvgIpc) is 2.83. The van der Waals surface area contributed by atoms with Gasteiger partial charge in [0, 0.05) is 47.5 Å². The molecule has 0 spiro atoms. The predicted molar refractivity (Wildman–Crippen MR) is 132 cm³/mol. The minimum Gasteiger partial charge on any atom is -0.354 e. The molecule has 0 bridgehead atoms. The van der Waals surface area contributed by atoms with Crippen LogP contribution in [0.25, 0.3) is 11.4 Å². The van der Waals surface area contributed by atoms with Gasteiger partial charge in [-0.05, 0) is 49.7 Å². The Balaban J connectivity index is 1.61. The van der Waals surface area contributed by atoms with Crippen molar-refractivity contribution in [1.29, 1.82) is 0 Å². The van der Waals surface area contributed by atoms with Crippen LogP contribution >= 0.6 is 15.9 Å². The fourth-order valence-corrected chi connectivity index (χ4v) is 5.80. The number of halogens is 4. The second-order valence-corrected chi connectivity index (χ2v) is 11.1. The molecular formula is C24H24BrF3N4O2S. The zero-order valence-corrected chi connectivity index (χ0v) is 21.6. The molecule has 2 aromatic carbocycles. The molecule has 1 saturated heterocycles. The van der Waals surface area contributed by atoms with Crippen LogP contribution in [-0.2, 0) is 22.6 Å². The van der Waals surface area contributed by atoms with Gasteiger partial charge in [0.15, 0.2) is 5.82 Å². The van der Waals surface area contributed by atoms with Gasteiger partial charge in [-0.2, -0.15) is 17.5 Å². The summed E-state index contributed by atoms with van der Waals surface area (Å²) in [6.07, 6.45) is -3.82. The van der Waals surface area contributed by atoms with Gasteiger partial charge in [-0.1, -0.05) is 35.0 Å². The Morgan fingerprint density at radius 1 is 1.00 bits per heavy atom. The van der Waals surface area contributed by atoms with Crippen molar-refractivity contribution in [2.24, 2.45) is 0 Å². The number of sulfonamides is 1. The molecule has 2 heterocycles. The molecule has 35 heavy (non-hydrogen) atoms. The van der Waals surface area contributed by atoms with Crippen LogP contribution in [0.4, 0.5) is 19.0 Å². The highest BCUT2D eigenvalue weighted by molar-refractivity contribution is 9.10. The topological polar surface area (TPSA) is 66.4 Å². The second-order valence-electron chi connectivity index (χ2n) is 8.21. The molecule has 1 fully saturated rings. The standard InChI is InChI=1S/C24H24BrF3N4O2S/c1-3-21-16(2)29-22(17-5-4-6-18(15-17)24(26,27)28)30-23(21)31-11-13-32(14-12-31)35(33,34)20-9-7-19(25)8-10-20/h4-10,15H,3,11-14H2,1-2H3. The third-order valence-corrected chi connectivity index (χ3v) is 8.42. The van der Waals surface area contributed by atoms with Crippen LogP contribution in [0.3, 0.4) is 0 Å². The highest BCUT2D eigenvalue weighted by Gasteiger charge is 2.32. The maximum Gasteiger partial charge on any atom is 0.416 e. The van der Waals surface area contributed by atoms with Crippen molar-refractivity contribution in [3.63, 3.8) is 0 Å². The maximum atomic E-state index is 13.2. The fraction of sp³-hybridized carbons (Fsp3) is 0.333. The summed E-state index contributed by atoms with van der Waals surface area (Å²) >= 11 is 3.31. The SMILES string of the molecule is CCc1c(C)nc(-c2cccc(C(F)(F)F)c2)nc1N1CCN(S(=O)(=O)c2ccc(Br)cc2)CC1. The van der Waals surface area contributed by atoms with Gasteiger partial charge >= 0.3 is 6.18 Å². The van der Waals surface area contributed by atoms with E-state index in [1.165, 1.54) is 10.4 Å². The van der Waals surface area contributed by atoms with Crippen molar-refractivity contribution >= 4 is 31.8 Å². The van der Waals surface area contributed by atoms with E-state index in [1.807, 2.05) is 18.7 Å². The molecule has 0 unspecified atom stereocenters. The monoisotopic (exact) mass is 568 g/mol. The van der Waals surface area contributed by atoms with Gasteiger partial charge in [0.25, 0.3) is 0 Å². The maximum absolute atomic E-state index is 13.2. The van der Waals surface area contributed by atoms with E-state index in [-0.39, 0.29) is 29.4 Å². The number of piperazine rings is 1. The summed E-state index contributed by atoms with van der Waals surface area (Å²) in [6.45, 7) is 5.12. The van der Waals surface area contributed by atoms with Gasteiger partial charge in [0.1, 0.15) is 5.82 Å². The lowest BCUT2D eigenvalue weighted by molar-refractivity contribution is -0.137. The Hall–Kier alpha value is -2.50. The van der Waals surface area contributed by atoms with Gasteiger partial charge in [-0.15, -0.1) is 0 Å². The zero-order chi connectivity index (χ0) is 25.4. The molecule has 1 aromatic heterocycles. The van der Waals surface area contributed by atoms with Gasteiger partial charge < -0.3 is 4.90 Å². The average molecular weight is 569 g/mol.